The molecule has 0 spiro atoms. The zero-order chi connectivity index (χ0) is 18.1. The number of nitrogens with zero attached hydrogens (tertiary/aromatic N) is 6. The normalized spacial score (nSPS) is 15.4. The Balaban J connectivity index is 1.45. The second-order valence-corrected chi connectivity index (χ2v) is 6.55. The predicted molar refractivity (Wildman–Crippen MR) is 98.0 cm³/mol. The molecule has 8 heteroatoms. The summed E-state index contributed by atoms with van der Waals surface area (Å²) in [5.41, 5.74) is 1.30. The van der Waals surface area contributed by atoms with Gasteiger partial charge in [0.2, 0.25) is 0 Å². The van der Waals surface area contributed by atoms with Crippen LogP contribution in [-0.2, 0) is 7.05 Å². The minimum atomic E-state index is -0.114. The van der Waals surface area contributed by atoms with Crippen molar-refractivity contribution in [2.24, 2.45) is 7.05 Å². The maximum absolute atomic E-state index is 12.3. The van der Waals surface area contributed by atoms with E-state index in [2.05, 4.69) is 30.3 Å². The summed E-state index contributed by atoms with van der Waals surface area (Å²) in [5, 5.41) is 8.35. The molecule has 3 aromatic heterocycles. The zero-order valence-corrected chi connectivity index (χ0v) is 14.9. The molecule has 1 amide bonds. The highest BCUT2D eigenvalue weighted by atomic mass is 16.1. The number of piperidine rings is 1. The van der Waals surface area contributed by atoms with Crippen molar-refractivity contribution < 1.29 is 4.79 Å². The van der Waals surface area contributed by atoms with Crippen molar-refractivity contribution in [1.82, 2.24) is 30.0 Å². The number of pyridine rings is 1. The van der Waals surface area contributed by atoms with E-state index in [0.29, 0.717) is 5.69 Å². The molecule has 1 saturated heterocycles. The molecule has 26 heavy (non-hydrogen) atoms. The number of carbonyl (C=O) groups excluding carboxylic acids is 1. The molecular formula is C18H21N7O. The first-order valence-corrected chi connectivity index (χ1v) is 8.75. The molecular weight excluding hydrogens is 330 g/mol. The summed E-state index contributed by atoms with van der Waals surface area (Å²) in [5.74, 6) is 1.55. The van der Waals surface area contributed by atoms with Crippen LogP contribution in [0.1, 0.15) is 29.2 Å². The predicted octanol–water partition coefficient (Wildman–Crippen LogP) is 1.47. The van der Waals surface area contributed by atoms with Gasteiger partial charge < -0.3 is 10.2 Å². The van der Waals surface area contributed by atoms with Crippen molar-refractivity contribution in [3.8, 4) is 0 Å². The van der Waals surface area contributed by atoms with Crippen LogP contribution in [-0.4, -0.2) is 49.8 Å². The van der Waals surface area contributed by atoms with Crippen molar-refractivity contribution in [3.05, 3.63) is 42.1 Å². The monoisotopic (exact) mass is 351 g/mol. The molecule has 4 rings (SSSR count). The fourth-order valence-electron chi connectivity index (χ4n) is 3.35. The standard InChI is InChI=1S/C18H21N7O/c1-12-21-16-14(11-20-24(16)2)17(22-12)25-9-6-13(7-10-25)23-18(26)15-5-3-4-8-19-15/h3-5,8,11,13H,6-7,9-10H2,1-2H3,(H,23,26). The van der Waals surface area contributed by atoms with Crippen molar-refractivity contribution in [1.29, 1.82) is 0 Å². The Hall–Kier alpha value is -3.03. The lowest BCUT2D eigenvalue weighted by Gasteiger charge is -2.33. The van der Waals surface area contributed by atoms with Gasteiger partial charge in [-0.05, 0) is 31.9 Å². The number of carbonyl (C=O) groups is 1. The molecule has 0 aliphatic carbocycles. The molecule has 1 fully saturated rings. The molecule has 0 bridgehead atoms. The number of aryl methyl sites for hydroxylation is 2. The Kier molecular flexibility index (Phi) is 4.24. The number of rotatable bonds is 3. The van der Waals surface area contributed by atoms with Gasteiger partial charge in [0.05, 0.1) is 11.6 Å². The molecule has 3 aromatic rings. The van der Waals surface area contributed by atoms with Crippen LogP contribution >= 0.6 is 0 Å². The van der Waals surface area contributed by atoms with Crippen LogP contribution < -0.4 is 10.2 Å². The third-order valence-corrected chi connectivity index (χ3v) is 4.71. The lowest BCUT2D eigenvalue weighted by atomic mass is 10.0. The van der Waals surface area contributed by atoms with E-state index in [9.17, 15) is 4.79 Å². The fraction of sp³-hybridized carbons (Fsp3) is 0.389. The Morgan fingerprint density at radius 1 is 1.23 bits per heavy atom. The van der Waals surface area contributed by atoms with Crippen LogP contribution in [0.2, 0.25) is 0 Å². The van der Waals surface area contributed by atoms with Gasteiger partial charge in [0.15, 0.2) is 5.65 Å². The van der Waals surface area contributed by atoms with Gasteiger partial charge in [-0.2, -0.15) is 5.10 Å². The number of hydrogen-bond donors (Lipinski definition) is 1. The number of amides is 1. The number of aromatic nitrogens is 5. The minimum absolute atomic E-state index is 0.114. The first-order valence-electron chi connectivity index (χ1n) is 8.75. The molecule has 0 radical (unpaired) electrons. The van der Waals surface area contributed by atoms with Crippen LogP contribution in [0, 0.1) is 6.92 Å². The Morgan fingerprint density at radius 2 is 2.04 bits per heavy atom. The number of fused-ring (bicyclic) bond motifs is 1. The Morgan fingerprint density at radius 3 is 2.77 bits per heavy atom. The summed E-state index contributed by atoms with van der Waals surface area (Å²) in [6.45, 7) is 3.55. The average molecular weight is 351 g/mol. The first kappa shape index (κ1) is 16.4. The molecule has 1 aliphatic rings. The van der Waals surface area contributed by atoms with Gasteiger partial charge in [0.25, 0.3) is 5.91 Å². The second kappa shape index (κ2) is 6.70. The summed E-state index contributed by atoms with van der Waals surface area (Å²) >= 11 is 0. The maximum atomic E-state index is 12.3. The van der Waals surface area contributed by atoms with Gasteiger partial charge in [0, 0.05) is 32.4 Å². The van der Waals surface area contributed by atoms with Gasteiger partial charge in [-0.25, -0.2) is 9.97 Å². The summed E-state index contributed by atoms with van der Waals surface area (Å²) in [7, 11) is 1.89. The summed E-state index contributed by atoms with van der Waals surface area (Å²) in [4.78, 5) is 27.7. The largest absolute Gasteiger partial charge is 0.356 e. The van der Waals surface area contributed by atoms with E-state index in [-0.39, 0.29) is 11.9 Å². The van der Waals surface area contributed by atoms with Gasteiger partial charge in [-0.3, -0.25) is 14.5 Å². The van der Waals surface area contributed by atoms with Crippen LogP contribution in [0.15, 0.2) is 30.6 Å². The second-order valence-electron chi connectivity index (χ2n) is 6.55. The van der Waals surface area contributed by atoms with E-state index < -0.39 is 0 Å². The van der Waals surface area contributed by atoms with Gasteiger partial charge in [0.1, 0.15) is 17.3 Å². The van der Waals surface area contributed by atoms with Crippen molar-refractivity contribution >= 4 is 22.8 Å². The van der Waals surface area contributed by atoms with Crippen LogP contribution in [0.4, 0.5) is 5.82 Å². The third kappa shape index (κ3) is 3.10. The SMILES string of the molecule is Cc1nc(N2CCC(NC(=O)c3ccccn3)CC2)c2cnn(C)c2n1. The molecule has 8 nitrogen and oxygen atoms in total. The van der Waals surface area contributed by atoms with Crippen molar-refractivity contribution in [3.63, 3.8) is 0 Å². The smallest absolute Gasteiger partial charge is 0.270 e. The molecule has 4 heterocycles. The minimum Gasteiger partial charge on any atom is -0.356 e. The quantitative estimate of drug-likeness (QED) is 0.769. The van der Waals surface area contributed by atoms with E-state index in [1.165, 1.54) is 0 Å². The summed E-state index contributed by atoms with van der Waals surface area (Å²) in [6, 6.07) is 5.50. The molecule has 134 valence electrons. The first-order chi connectivity index (χ1) is 12.6. The lowest BCUT2D eigenvalue weighted by Crippen LogP contribution is -2.45. The lowest BCUT2D eigenvalue weighted by molar-refractivity contribution is 0.0926. The van der Waals surface area contributed by atoms with E-state index in [4.69, 9.17) is 0 Å². The molecule has 0 saturated carbocycles. The highest BCUT2D eigenvalue weighted by Gasteiger charge is 2.24. The number of anilines is 1. The van der Waals surface area contributed by atoms with Crippen molar-refractivity contribution in [2.75, 3.05) is 18.0 Å². The van der Waals surface area contributed by atoms with Gasteiger partial charge in [-0.15, -0.1) is 0 Å². The van der Waals surface area contributed by atoms with E-state index in [0.717, 1.165) is 48.6 Å². The average Bonchev–Trinajstić information content (AvgIpc) is 3.03. The van der Waals surface area contributed by atoms with Crippen LogP contribution in [0.3, 0.4) is 0 Å². The van der Waals surface area contributed by atoms with Crippen LogP contribution in [0.5, 0.6) is 0 Å². The summed E-state index contributed by atoms with van der Waals surface area (Å²) in [6.07, 6.45) is 5.18. The van der Waals surface area contributed by atoms with Crippen molar-refractivity contribution in [2.45, 2.75) is 25.8 Å². The van der Waals surface area contributed by atoms with Crippen LogP contribution in [0.25, 0.3) is 11.0 Å². The number of nitrogens with one attached hydrogen (secondary N) is 1. The Bertz CT molecular complexity index is 929. The third-order valence-electron chi connectivity index (χ3n) is 4.71. The fourth-order valence-corrected chi connectivity index (χ4v) is 3.35. The Labute approximate surface area is 151 Å². The number of hydrogen-bond acceptors (Lipinski definition) is 6. The highest BCUT2D eigenvalue weighted by Crippen LogP contribution is 2.26. The molecule has 0 atom stereocenters. The molecule has 1 N–H and O–H groups in total. The van der Waals surface area contributed by atoms with Gasteiger partial charge >= 0.3 is 0 Å². The van der Waals surface area contributed by atoms with E-state index in [1.807, 2.05) is 26.2 Å². The topological polar surface area (TPSA) is 88.8 Å². The highest BCUT2D eigenvalue weighted by molar-refractivity contribution is 5.92. The van der Waals surface area contributed by atoms with E-state index >= 15 is 0 Å². The molecule has 0 unspecified atom stereocenters. The van der Waals surface area contributed by atoms with Gasteiger partial charge in [-0.1, -0.05) is 6.07 Å². The van der Waals surface area contributed by atoms with E-state index in [1.54, 1.807) is 23.0 Å². The zero-order valence-electron chi connectivity index (χ0n) is 14.9. The summed E-state index contributed by atoms with van der Waals surface area (Å²) < 4.78 is 1.77. The molecule has 1 aliphatic heterocycles. The maximum Gasteiger partial charge on any atom is 0.270 e. The molecule has 0 aromatic carbocycles.